The Labute approximate surface area is 164 Å². The minimum atomic E-state index is -0.442. The lowest BCUT2D eigenvalue weighted by atomic mass is 10.0. The van der Waals surface area contributed by atoms with Crippen LogP contribution in [0.1, 0.15) is 23.6 Å². The molecule has 0 aliphatic rings. The maximum absolute atomic E-state index is 11.7. The number of amides is 1. The van der Waals surface area contributed by atoms with Crippen LogP contribution in [0.3, 0.4) is 0 Å². The maximum Gasteiger partial charge on any atom is 0.414 e. The molecule has 8 nitrogen and oxygen atoms in total. The Morgan fingerprint density at radius 1 is 1.21 bits per heavy atom. The van der Waals surface area contributed by atoms with E-state index in [9.17, 15) is 14.9 Å². The number of nitrogens with one attached hydrogen (secondary N) is 1. The van der Waals surface area contributed by atoms with E-state index in [1.807, 2.05) is 26.1 Å². The molecule has 0 spiro atoms. The Bertz CT molecular complexity index is 821. The van der Waals surface area contributed by atoms with Crippen LogP contribution >= 0.6 is 0 Å². The molecule has 0 fully saturated rings. The van der Waals surface area contributed by atoms with Gasteiger partial charge in [-0.1, -0.05) is 12.1 Å². The van der Waals surface area contributed by atoms with Gasteiger partial charge in [-0.25, -0.2) is 4.79 Å². The van der Waals surface area contributed by atoms with E-state index in [0.717, 1.165) is 11.1 Å². The fraction of sp³-hybridized carbons (Fsp3) is 0.350. The fourth-order valence-electron chi connectivity index (χ4n) is 2.63. The van der Waals surface area contributed by atoms with E-state index in [4.69, 9.17) is 9.47 Å². The summed E-state index contributed by atoms with van der Waals surface area (Å²) in [6, 6.07) is 11.7. The second-order valence-electron chi connectivity index (χ2n) is 6.52. The van der Waals surface area contributed by atoms with Gasteiger partial charge in [0, 0.05) is 38.7 Å². The molecule has 0 saturated carbocycles. The van der Waals surface area contributed by atoms with Crippen LogP contribution in [0.15, 0.2) is 42.5 Å². The van der Waals surface area contributed by atoms with Crippen molar-refractivity contribution in [1.82, 2.24) is 10.2 Å². The molecule has 1 unspecified atom stereocenters. The molecule has 0 aliphatic heterocycles. The number of nitro groups is 1. The number of non-ortho nitro benzene ring substituents is 1. The van der Waals surface area contributed by atoms with Crippen LogP contribution in [0.2, 0.25) is 0 Å². The van der Waals surface area contributed by atoms with Crippen molar-refractivity contribution < 1.29 is 19.2 Å². The summed E-state index contributed by atoms with van der Waals surface area (Å²) in [6.07, 6.45) is 0.279. The summed E-state index contributed by atoms with van der Waals surface area (Å²) < 4.78 is 11.0. The molecule has 0 aliphatic carbocycles. The van der Waals surface area contributed by atoms with Crippen molar-refractivity contribution in [3.63, 3.8) is 0 Å². The third kappa shape index (κ3) is 5.68. The number of nitrogens with zero attached hydrogens (tertiary/aromatic N) is 2. The van der Waals surface area contributed by atoms with Crippen LogP contribution in [-0.2, 0) is 0 Å². The van der Waals surface area contributed by atoms with Gasteiger partial charge < -0.3 is 19.7 Å². The smallest absolute Gasteiger partial charge is 0.414 e. The van der Waals surface area contributed by atoms with Gasteiger partial charge in [-0.05, 0) is 43.3 Å². The van der Waals surface area contributed by atoms with Gasteiger partial charge in [-0.3, -0.25) is 10.1 Å². The zero-order valence-electron chi connectivity index (χ0n) is 16.5. The van der Waals surface area contributed by atoms with Crippen LogP contribution in [0.5, 0.6) is 11.5 Å². The summed E-state index contributed by atoms with van der Waals surface area (Å²) in [4.78, 5) is 23.3. The molecule has 2 aromatic carbocycles. The van der Waals surface area contributed by atoms with Crippen molar-refractivity contribution >= 4 is 11.8 Å². The summed E-state index contributed by atoms with van der Waals surface area (Å²) in [5.74, 6) is 1.11. The topological polar surface area (TPSA) is 93.9 Å². The molecule has 1 N–H and O–H groups in total. The maximum atomic E-state index is 11.7. The minimum absolute atomic E-state index is 0.0333. The number of hydrogen-bond donors (Lipinski definition) is 1. The van der Waals surface area contributed by atoms with E-state index >= 15 is 0 Å². The van der Waals surface area contributed by atoms with Crippen molar-refractivity contribution in [2.24, 2.45) is 0 Å². The second kappa shape index (κ2) is 9.70. The molecular formula is C20H25N3O5. The van der Waals surface area contributed by atoms with Crippen molar-refractivity contribution in [2.75, 3.05) is 27.7 Å². The molecule has 0 aromatic heterocycles. The van der Waals surface area contributed by atoms with Crippen molar-refractivity contribution in [3.05, 3.63) is 63.7 Å². The normalized spacial score (nSPS) is 11.6. The molecule has 0 bridgehead atoms. The van der Waals surface area contributed by atoms with Gasteiger partial charge in [0.25, 0.3) is 5.69 Å². The van der Waals surface area contributed by atoms with Gasteiger partial charge in [0.15, 0.2) is 0 Å². The lowest BCUT2D eigenvalue weighted by Gasteiger charge is -2.19. The number of aryl methyl sites for hydroxylation is 1. The first kappa shape index (κ1) is 21.2. The zero-order chi connectivity index (χ0) is 20.7. The predicted octanol–water partition coefficient (Wildman–Crippen LogP) is 3.69. The Morgan fingerprint density at radius 3 is 2.43 bits per heavy atom. The van der Waals surface area contributed by atoms with Crippen LogP contribution in [0, 0.1) is 17.0 Å². The standard InChI is InChI=1S/C20H25N3O5/c1-14-13-15(5-10-19(14)28-20(24)22(3)4)18(21-2)11-12-27-17-8-6-16(7-9-17)23(25)26/h5-10,13,18,21H,11-12H2,1-4H3. The Morgan fingerprint density at radius 2 is 1.89 bits per heavy atom. The highest BCUT2D eigenvalue weighted by atomic mass is 16.6. The molecular weight excluding hydrogens is 362 g/mol. The van der Waals surface area contributed by atoms with E-state index in [1.165, 1.54) is 17.0 Å². The van der Waals surface area contributed by atoms with Crippen LogP contribution in [0.4, 0.5) is 10.5 Å². The molecule has 0 heterocycles. The molecule has 28 heavy (non-hydrogen) atoms. The van der Waals surface area contributed by atoms with Crippen LogP contribution in [-0.4, -0.2) is 43.7 Å². The van der Waals surface area contributed by atoms with Crippen LogP contribution in [0.25, 0.3) is 0 Å². The Hall–Kier alpha value is -3.13. The summed E-state index contributed by atoms with van der Waals surface area (Å²) in [7, 11) is 5.13. The quantitative estimate of drug-likeness (QED) is 0.548. The van der Waals surface area contributed by atoms with Gasteiger partial charge in [0.2, 0.25) is 0 Å². The zero-order valence-corrected chi connectivity index (χ0v) is 16.5. The summed E-state index contributed by atoms with van der Waals surface area (Å²) in [5, 5.41) is 13.9. The molecule has 1 amide bonds. The Kier molecular flexibility index (Phi) is 7.34. The van der Waals surface area contributed by atoms with E-state index in [-0.39, 0.29) is 11.7 Å². The van der Waals surface area contributed by atoms with Crippen molar-refractivity contribution in [2.45, 2.75) is 19.4 Å². The third-order valence-electron chi connectivity index (χ3n) is 4.24. The first-order valence-corrected chi connectivity index (χ1v) is 8.86. The molecule has 2 rings (SSSR count). The van der Waals surface area contributed by atoms with E-state index < -0.39 is 11.0 Å². The molecule has 2 aromatic rings. The van der Waals surface area contributed by atoms with E-state index in [1.54, 1.807) is 32.3 Å². The number of carbonyl (C=O) groups is 1. The Balaban J connectivity index is 1.96. The number of hydrogen-bond acceptors (Lipinski definition) is 6. The number of rotatable bonds is 8. The second-order valence-corrected chi connectivity index (χ2v) is 6.52. The van der Waals surface area contributed by atoms with Crippen LogP contribution < -0.4 is 14.8 Å². The first-order valence-electron chi connectivity index (χ1n) is 8.86. The number of ether oxygens (including phenoxy) is 2. The number of benzene rings is 2. The highest BCUT2D eigenvalue weighted by molar-refractivity contribution is 5.70. The molecule has 0 saturated heterocycles. The average molecular weight is 387 g/mol. The summed E-state index contributed by atoms with van der Waals surface area (Å²) in [6.45, 7) is 2.33. The lowest BCUT2D eigenvalue weighted by Crippen LogP contribution is -2.25. The van der Waals surface area contributed by atoms with Gasteiger partial charge >= 0.3 is 6.09 Å². The third-order valence-corrected chi connectivity index (χ3v) is 4.24. The average Bonchev–Trinajstić information content (AvgIpc) is 2.67. The lowest BCUT2D eigenvalue weighted by molar-refractivity contribution is -0.384. The van der Waals surface area contributed by atoms with Crippen molar-refractivity contribution in [3.8, 4) is 11.5 Å². The SMILES string of the molecule is CNC(CCOc1ccc([N+](=O)[O-])cc1)c1ccc(OC(=O)N(C)C)c(C)c1. The largest absolute Gasteiger partial charge is 0.494 e. The van der Waals surface area contributed by atoms with Gasteiger partial charge in [0.05, 0.1) is 11.5 Å². The molecule has 8 heteroatoms. The highest BCUT2D eigenvalue weighted by Crippen LogP contribution is 2.25. The van der Waals surface area contributed by atoms with Gasteiger partial charge in [-0.15, -0.1) is 0 Å². The molecule has 1 atom stereocenters. The van der Waals surface area contributed by atoms with Crippen molar-refractivity contribution in [1.29, 1.82) is 0 Å². The number of carbonyl (C=O) groups excluding carboxylic acids is 1. The first-order chi connectivity index (χ1) is 13.3. The van der Waals surface area contributed by atoms with Gasteiger partial charge in [-0.2, -0.15) is 0 Å². The predicted molar refractivity (Wildman–Crippen MR) is 106 cm³/mol. The number of nitro benzene ring substituents is 1. The highest BCUT2D eigenvalue weighted by Gasteiger charge is 2.14. The fourth-order valence-corrected chi connectivity index (χ4v) is 2.63. The molecule has 150 valence electrons. The summed E-state index contributed by atoms with van der Waals surface area (Å²) in [5.41, 5.74) is 1.95. The van der Waals surface area contributed by atoms with Gasteiger partial charge in [0.1, 0.15) is 11.5 Å². The minimum Gasteiger partial charge on any atom is -0.494 e. The van der Waals surface area contributed by atoms with E-state index in [0.29, 0.717) is 24.5 Å². The van der Waals surface area contributed by atoms with E-state index in [2.05, 4.69) is 5.32 Å². The molecule has 0 radical (unpaired) electrons. The monoisotopic (exact) mass is 387 g/mol. The summed E-state index contributed by atoms with van der Waals surface area (Å²) >= 11 is 0.